The molecule has 0 saturated carbocycles. The highest BCUT2D eigenvalue weighted by atomic mass is 16.5. The van der Waals surface area contributed by atoms with Gasteiger partial charge in [0.25, 0.3) is 0 Å². The Hall–Kier alpha value is -3.35. The molecule has 3 rings (SSSR count). The lowest BCUT2D eigenvalue weighted by Crippen LogP contribution is -2.26. The first-order chi connectivity index (χ1) is 13.2. The van der Waals surface area contributed by atoms with Gasteiger partial charge in [-0.25, -0.2) is 0 Å². The summed E-state index contributed by atoms with van der Waals surface area (Å²) in [7, 11) is 1.38. The van der Waals surface area contributed by atoms with Crippen LogP contribution >= 0.6 is 0 Å². The van der Waals surface area contributed by atoms with E-state index >= 15 is 0 Å². The molecular weight excluding hydrogens is 364 g/mol. The predicted molar refractivity (Wildman–Crippen MR) is 102 cm³/mol. The molecule has 148 valence electrons. The van der Waals surface area contributed by atoms with Crippen molar-refractivity contribution < 1.29 is 34.7 Å². The molecule has 1 aliphatic rings. The van der Waals surface area contributed by atoms with E-state index in [1.54, 1.807) is 6.07 Å². The van der Waals surface area contributed by atoms with E-state index in [1.807, 2.05) is 19.9 Å². The maximum atomic E-state index is 13.0. The number of hydrogen-bond donors (Lipinski definition) is 4. The van der Waals surface area contributed by atoms with Crippen molar-refractivity contribution in [2.24, 2.45) is 0 Å². The minimum absolute atomic E-state index is 0.0701. The Balaban J connectivity index is 2.11. The molecule has 0 spiro atoms. The van der Waals surface area contributed by atoms with Crippen LogP contribution in [0.2, 0.25) is 0 Å². The van der Waals surface area contributed by atoms with Crippen LogP contribution in [0.3, 0.4) is 0 Å². The number of allylic oxidation sites excluding steroid dienone is 2. The van der Waals surface area contributed by atoms with E-state index in [-0.39, 0.29) is 35.0 Å². The third-order valence-corrected chi connectivity index (χ3v) is 4.68. The molecule has 0 radical (unpaired) electrons. The van der Waals surface area contributed by atoms with E-state index in [4.69, 9.17) is 9.47 Å². The summed E-state index contributed by atoms with van der Waals surface area (Å²) in [6.45, 7) is 3.75. The number of ketones is 1. The van der Waals surface area contributed by atoms with Crippen LogP contribution in [0.1, 0.15) is 41.3 Å². The largest absolute Gasteiger partial charge is 0.508 e. The molecule has 0 saturated heterocycles. The van der Waals surface area contributed by atoms with Crippen LogP contribution in [0.4, 0.5) is 0 Å². The predicted octanol–water partition coefficient (Wildman–Crippen LogP) is 3.39. The topological polar surface area (TPSA) is 116 Å². The smallest absolute Gasteiger partial charge is 0.201 e. The van der Waals surface area contributed by atoms with Crippen molar-refractivity contribution in [3.05, 3.63) is 46.5 Å². The second-order valence-electron chi connectivity index (χ2n) is 6.91. The summed E-state index contributed by atoms with van der Waals surface area (Å²) < 4.78 is 10.8. The summed E-state index contributed by atoms with van der Waals surface area (Å²) in [5.74, 6) is -2.77. The summed E-state index contributed by atoms with van der Waals surface area (Å²) >= 11 is 0. The van der Waals surface area contributed by atoms with Gasteiger partial charge in [-0.05, 0) is 26.3 Å². The Bertz CT molecular complexity index is 971. The van der Waals surface area contributed by atoms with Crippen LogP contribution in [0.15, 0.2) is 29.8 Å². The molecule has 0 aromatic heterocycles. The second kappa shape index (κ2) is 7.34. The minimum Gasteiger partial charge on any atom is -0.508 e. The molecule has 1 aliphatic heterocycles. The first kappa shape index (κ1) is 19.4. The van der Waals surface area contributed by atoms with E-state index in [2.05, 4.69) is 0 Å². The number of rotatable bonds is 4. The van der Waals surface area contributed by atoms with Crippen LogP contribution in [0, 0.1) is 0 Å². The molecule has 7 nitrogen and oxygen atoms in total. The van der Waals surface area contributed by atoms with Crippen LogP contribution in [0.5, 0.6) is 34.5 Å². The Morgan fingerprint density at radius 3 is 2.54 bits per heavy atom. The summed E-state index contributed by atoms with van der Waals surface area (Å²) in [6, 6.07) is 3.89. The molecule has 1 heterocycles. The number of carbonyl (C=O) groups excluding carboxylic acids is 1. The molecule has 0 fully saturated rings. The highest BCUT2D eigenvalue weighted by Gasteiger charge is 2.36. The normalized spacial score (nSPS) is 15.5. The standard InChI is InChI=1S/C21H22O7/c1-10(2)4-5-11-6-13(19(25)20(26)21(11)27-3)14-9-28-16-8-12(22)7-15(23)17(16)18(14)24/h4,6-8,14,22-23,25-26H,5,9H2,1-3H3/t14-/m0/s1. The molecule has 1 atom stereocenters. The monoisotopic (exact) mass is 386 g/mol. The maximum absolute atomic E-state index is 13.0. The second-order valence-corrected chi connectivity index (χ2v) is 6.91. The number of carbonyl (C=O) groups is 1. The number of methoxy groups -OCH3 is 1. The molecule has 28 heavy (non-hydrogen) atoms. The summed E-state index contributed by atoms with van der Waals surface area (Å²) in [6.07, 6.45) is 2.37. The number of phenolic OH excluding ortho intramolecular Hbond substituents is 4. The number of aromatic hydroxyl groups is 4. The Morgan fingerprint density at radius 1 is 1.18 bits per heavy atom. The van der Waals surface area contributed by atoms with E-state index in [0.29, 0.717) is 12.0 Å². The number of phenols is 4. The zero-order chi connectivity index (χ0) is 20.6. The molecule has 2 aromatic carbocycles. The van der Waals surface area contributed by atoms with Crippen molar-refractivity contribution in [2.75, 3.05) is 13.7 Å². The zero-order valence-electron chi connectivity index (χ0n) is 15.8. The lowest BCUT2D eigenvalue weighted by Gasteiger charge is -2.26. The van der Waals surface area contributed by atoms with Gasteiger partial charge in [0, 0.05) is 23.3 Å². The van der Waals surface area contributed by atoms with Crippen molar-refractivity contribution >= 4 is 5.78 Å². The average Bonchev–Trinajstić information content (AvgIpc) is 2.62. The average molecular weight is 386 g/mol. The van der Waals surface area contributed by atoms with Gasteiger partial charge in [-0.3, -0.25) is 4.79 Å². The van der Waals surface area contributed by atoms with Gasteiger partial charge in [0.2, 0.25) is 5.75 Å². The fourth-order valence-electron chi connectivity index (χ4n) is 3.28. The van der Waals surface area contributed by atoms with Crippen molar-refractivity contribution in [1.29, 1.82) is 0 Å². The third-order valence-electron chi connectivity index (χ3n) is 4.68. The molecule has 4 N–H and O–H groups in total. The zero-order valence-corrected chi connectivity index (χ0v) is 15.8. The van der Waals surface area contributed by atoms with Crippen LogP contribution in [0.25, 0.3) is 0 Å². The quantitative estimate of drug-likeness (QED) is 0.470. The first-order valence-corrected chi connectivity index (χ1v) is 8.72. The van der Waals surface area contributed by atoms with Gasteiger partial charge in [0.15, 0.2) is 17.3 Å². The molecule has 0 bridgehead atoms. The summed E-state index contributed by atoms with van der Waals surface area (Å²) in [4.78, 5) is 13.0. The van der Waals surface area contributed by atoms with Gasteiger partial charge in [-0.15, -0.1) is 0 Å². The van der Waals surface area contributed by atoms with Crippen molar-refractivity contribution in [2.45, 2.75) is 26.2 Å². The van der Waals surface area contributed by atoms with E-state index in [1.165, 1.54) is 13.2 Å². The molecule has 0 aliphatic carbocycles. The number of fused-ring (bicyclic) bond motifs is 1. The number of ether oxygens (including phenoxy) is 2. The lowest BCUT2D eigenvalue weighted by molar-refractivity contribution is 0.0889. The molecule has 0 amide bonds. The van der Waals surface area contributed by atoms with Crippen LogP contribution in [-0.4, -0.2) is 39.9 Å². The highest BCUT2D eigenvalue weighted by Crippen LogP contribution is 2.47. The van der Waals surface area contributed by atoms with E-state index < -0.39 is 28.9 Å². The fourth-order valence-corrected chi connectivity index (χ4v) is 3.28. The third kappa shape index (κ3) is 3.31. The summed E-state index contributed by atoms with van der Waals surface area (Å²) in [5.41, 5.74) is 1.77. The molecule has 2 aromatic rings. The van der Waals surface area contributed by atoms with Gasteiger partial charge in [0.1, 0.15) is 29.4 Å². The van der Waals surface area contributed by atoms with Gasteiger partial charge < -0.3 is 29.9 Å². The highest BCUT2D eigenvalue weighted by molar-refractivity contribution is 6.07. The van der Waals surface area contributed by atoms with Crippen LogP contribution < -0.4 is 9.47 Å². The maximum Gasteiger partial charge on any atom is 0.201 e. The van der Waals surface area contributed by atoms with Gasteiger partial charge in [-0.2, -0.15) is 0 Å². The van der Waals surface area contributed by atoms with E-state index in [0.717, 1.165) is 11.6 Å². The van der Waals surface area contributed by atoms with E-state index in [9.17, 15) is 25.2 Å². The molecule has 0 unspecified atom stereocenters. The van der Waals surface area contributed by atoms with Crippen LogP contribution in [-0.2, 0) is 6.42 Å². The Morgan fingerprint density at radius 2 is 1.89 bits per heavy atom. The van der Waals surface area contributed by atoms with Crippen molar-refractivity contribution in [3.8, 4) is 34.5 Å². The number of hydrogen-bond acceptors (Lipinski definition) is 7. The minimum atomic E-state index is -0.940. The van der Waals surface area contributed by atoms with Gasteiger partial charge >= 0.3 is 0 Å². The molecule has 7 heteroatoms. The summed E-state index contributed by atoms with van der Waals surface area (Å²) in [5, 5.41) is 40.5. The first-order valence-electron chi connectivity index (χ1n) is 8.72. The SMILES string of the molecule is COc1c(CC=C(C)C)cc([C@@H]2COc3cc(O)cc(O)c3C2=O)c(O)c1O. The Labute approximate surface area is 162 Å². The lowest BCUT2D eigenvalue weighted by atomic mass is 9.86. The van der Waals surface area contributed by atoms with Crippen molar-refractivity contribution in [3.63, 3.8) is 0 Å². The number of Topliss-reactive ketones (excluding diaryl/α,β-unsaturated/α-hetero) is 1. The van der Waals surface area contributed by atoms with Crippen molar-refractivity contribution in [1.82, 2.24) is 0 Å². The molecular formula is C21H22O7. The Kier molecular flexibility index (Phi) is 5.09. The van der Waals surface area contributed by atoms with Gasteiger partial charge in [-0.1, -0.05) is 11.6 Å². The number of benzene rings is 2. The fraction of sp³-hybridized carbons (Fsp3) is 0.286. The van der Waals surface area contributed by atoms with Gasteiger partial charge in [0.05, 0.1) is 13.0 Å².